The number of imide groups is 1. The molecule has 1 aliphatic carbocycles. The lowest BCUT2D eigenvalue weighted by atomic mass is 9.92. The smallest absolute Gasteiger partial charge is 0.255 e. The van der Waals surface area contributed by atoms with Crippen LogP contribution in [0.15, 0.2) is 91.5 Å². The van der Waals surface area contributed by atoms with Crippen molar-refractivity contribution in [2.45, 2.75) is 69.4 Å². The van der Waals surface area contributed by atoms with E-state index in [2.05, 4.69) is 66.3 Å². The van der Waals surface area contributed by atoms with Gasteiger partial charge in [-0.3, -0.25) is 24.7 Å². The molecule has 3 amide bonds. The number of nitrogens with zero attached hydrogens (tertiary/aromatic N) is 5. The van der Waals surface area contributed by atoms with E-state index in [9.17, 15) is 14.4 Å². The predicted molar refractivity (Wildman–Crippen MR) is 220 cm³/mol. The molecule has 4 aliphatic rings. The molecule has 2 saturated heterocycles. The Morgan fingerprint density at radius 2 is 1.64 bits per heavy atom. The third-order valence-corrected chi connectivity index (χ3v) is 11.8. The number of aromatic nitrogens is 4. The van der Waals surface area contributed by atoms with E-state index < -0.39 is 11.9 Å². The molecule has 0 bridgehead atoms. The summed E-state index contributed by atoms with van der Waals surface area (Å²) in [5, 5.41) is 4.63. The van der Waals surface area contributed by atoms with Crippen molar-refractivity contribution in [3.63, 3.8) is 0 Å². The van der Waals surface area contributed by atoms with E-state index in [1.54, 1.807) is 17.3 Å². The van der Waals surface area contributed by atoms with Crippen LogP contribution < -0.4 is 19.7 Å². The normalized spacial score (nSPS) is 20.5. The van der Waals surface area contributed by atoms with Crippen LogP contribution >= 0.6 is 0 Å². The fourth-order valence-corrected chi connectivity index (χ4v) is 8.47. The Hall–Kier alpha value is -6.78. The van der Waals surface area contributed by atoms with Crippen LogP contribution in [-0.4, -0.2) is 86.6 Å². The highest BCUT2D eigenvalue weighted by Crippen LogP contribution is 2.34. The summed E-state index contributed by atoms with van der Waals surface area (Å²) in [6, 6.07) is 21.3. The Kier molecular flexibility index (Phi) is 9.62. The summed E-state index contributed by atoms with van der Waals surface area (Å²) in [4.78, 5) is 57.7. The number of fused-ring (bicyclic) bond motifs is 4. The van der Waals surface area contributed by atoms with Crippen molar-refractivity contribution in [1.82, 2.24) is 30.2 Å². The second-order valence-corrected chi connectivity index (χ2v) is 15.6. The molecule has 10 rings (SSSR count). The van der Waals surface area contributed by atoms with Gasteiger partial charge in [-0.2, -0.15) is 0 Å². The van der Waals surface area contributed by atoms with Crippen molar-refractivity contribution in [3.8, 4) is 34.6 Å². The second-order valence-electron chi connectivity index (χ2n) is 15.6. The summed E-state index contributed by atoms with van der Waals surface area (Å²) in [7, 11) is 0. The van der Waals surface area contributed by atoms with Crippen LogP contribution in [0.4, 0.5) is 5.69 Å². The zero-order chi connectivity index (χ0) is 39.9. The van der Waals surface area contributed by atoms with Gasteiger partial charge >= 0.3 is 0 Å². The van der Waals surface area contributed by atoms with Crippen LogP contribution in [0.1, 0.15) is 60.1 Å². The molecule has 1 atom stereocenters. The SMILES string of the molecule is O=C1CCC(N2Cc3cc(N4CCC(OCC#Cc5ccc(OC6CC(Oc7ccc(-c8ccc9c(c8)[nH]c8ccncc89)cn7)C6)cn5)CC4)ccc3C2=O)C(=O)N1. The fraction of sp³-hybridized carbons (Fsp3) is 0.304. The van der Waals surface area contributed by atoms with Gasteiger partial charge in [0.05, 0.1) is 12.3 Å². The molecular weight excluding hydrogens is 747 g/mol. The number of hydrogen-bond acceptors (Lipinski definition) is 10. The third-order valence-electron chi connectivity index (χ3n) is 11.8. The number of amides is 3. The lowest BCUT2D eigenvalue weighted by Gasteiger charge is -2.34. The molecule has 296 valence electrons. The van der Waals surface area contributed by atoms with Gasteiger partial charge in [0.1, 0.15) is 36.3 Å². The van der Waals surface area contributed by atoms with E-state index in [1.807, 2.05) is 54.9 Å². The van der Waals surface area contributed by atoms with Gasteiger partial charge in [-0.15, -0.1) is 0 Å². The summed E-state index contributed by atoms with van der Waals surface area (Å²) < 4.78 is 18.3. The molecule has 13 heteroatoms. The van der Waals surface area contributed by atoms with Crippen LogP contribution in [0.25, 0.3) is 32.9 Å². The van der Waals surface area contributed by atoms with Gasteiger partial charge < -0.3 is 29.0 Å². The van der Waals surface area contributed by atoms with Crippen LogP contribution in [-0.2, 0) is 20.9 Å². The van der Waals surface area contributed by atoms with E-state index in [-0.39, 0.29) is 36.5 Å². The summed E-state index contributed by atoms with van der Waals surface area (Å²) in [5.41, 5.74) is 7.49. The Morgan fingerprint density at radius 3 is 2.46 bits per heavy atom. The van der Waals surface area contributed by atoms with E-state index in [1.165, 1.54) is 0 Å². The molecule has 2 N–H and O–H groups in total. The molecule has 59 heavy (non-hydrogen) atoms. The number of hydrogen-bond donors (Lipinski definition) is 2. The molecule has 0 spiro atoms. The van der Waals surface area contributed by atoms with Gasteiger partial charge in [-0.1, -0.05) is 18.1 Å². The van der Waals surface area contributed by atoms with Crippen molar-refractivity contribution in [2.75, 3.05) is 24.6 Å². The predicted octanol–water partition coefficient (Wildman–Crippen LogP) is 5.96. The zero-order valence-electron chi connectivity index (χ0n) is 32.2. The summed E-state index contributed by atoms with van der Waals surface area (Å²) >= 11 is 0. The third kappa shape index (κ3) is 7.55. The van der Waals surface area contributed by atoms with Crippen LogP contribution in [0.2, 0.25) is 0 Å². The number of pyridine rings is 3. The number of carbonyl (C=O) groups excluding carboxylic acids is 3. The average molecular weight is 788 g/mol. The van der Waals surface area contributed by atoms with E-state index in [0.29, 0.717) is 42.5 Å². The van der Waals surface area contributed by atoms with E-state index in [4.69, 9.17) is 14.2 Å². The van der Waals surface area contributed by atoms with Crippen molar-refractivity contribution < 1.29 is 28.6 Å². The van der Waals surface area contributed by atoms with E-state index in [0.717, 1.165) is 83.0 Å². The summed E-state index contributed by atoms with van der Waals surface area (Å²) in [5.74, 6) is 6.65. The van der Waals surface area contributed by atoms with E-state index >= 15 is 0 Å². The van der Waals surface area contributed by atoms with Crippen molar-refractivity contribution in [3.05, 3.63) is 108 Å². The molecule has 0 radical (unpaired) electrons. The average Bonchev–Trinajstić information content (AvgIpc) is 3.79. The molecule has 2 aromatic carbocycles. The number of benzene rings is 2. The van der Waals surface area contributed by atoms with Gasteiger partial charge in [0, 0.05) is 102 Å². The molecule has 6 aromatic rings. The molecule has 1 unspecified atom stereocenters. The first-order valence-electron chi connectivity index (χ1n) is 20.1. The van der Waals surface area contributed by atoms with Gasteiger partial charge in [-0.05, 0) is 84.8 Å². The van der Waals surface area contributed by atoms with Crippen molar-refractivity contribution >= 4 is 45.2 Å². The number of piperidine rings is 2. The van der Waals surface area contributed by atoms with Gasteiger partial charge in [0.15, 0.2) is 0 Å². The largest absolute Gasteiger partial charge is 0.489 e. The number of aromatic amines is 1. The fourth-order valence-electron chi connectivity index (χ4n) is 8.47. The lowest BCUT2D eigenvalue weighted by molar-refractivity contribution is -0.136. The highest BCUT2D eigenvalue weighted by Gasteiger charge is 2.39. The Morgan fingerprint density at radius 1 is 0.780 bits per heavy atom. The first-order chi connectivity index (χ1) is 28.9. The minimum atomic E-state index is -0.613. The van der Waals surface area contributed by atoms with Crippen LogP contribution in [0, 0.1) is 11.8 Å². The van der Waals surface area contributed by atoms with Crippen LogP contribution in [0.3, 0.4) is 0 Å². The number of nitrogens with one attached hydrogen (secondary N) is 2. The quantitative estimate of drug-likeness (QED) is 0.133. The van der Waals surface area contributed by atoms with Gasteiger partial charge in [0.25, 0.3) is 5.91 Å². The number of H-pyrrole nitrogens is 1. The Bertz CT molecular complexity index is 2640. The lowest BCUT2D eigenvalue weighted by Crippen LogP contribution is -2.52. The second kappa shape index (κ2) is 15.5. The number of carbonyl (C=O) groups is 3. The summed E-state index contributed by atoms with van der Waals surface area (Å²) in [6.45, 7) is 2.34. The highest BCUT2D eigenvalue weighted by atomic mass is 16.5. The summed E-state index contributed by atoms with van der Waals surface area (Å²) in [6.07, 6.45) is 11.3. The molecular formula is C46H41N7O6. The van der Waals surface area contributed by atoms with Gasteiger partial charge in [0.2, 0.25) is 17.7 Å². The van der Waals surface area contributed by atoms with Crippen molar-refractivity contribution in [1.29, 1.82) is 0 Å². The number of rotatable bonds is 9. The standard InChI is InChI=1S/C46H41N7O6/c54-43-11-10-42(45(55)51-43)53-27-30-20-32(6-9-37(30)46(53)56)52-17-14-33(15-18-52)57-19-1-2-31-5-7-34(25-48-31)58-35-22-36(23-35)59-44-12-4-29(24-49-44)28-3-8-38-39-26-47-16-13-40(39)50-41(38)21-28/h3-9,12-13,16,20-21,24-26,33,35-36,42,50H,10-11,14-15,17-19,22-23,27H2,(H,51,54,55). The van der Waals surface area contributed by atoms with Crippen molar-refractivity contribution in [2.24, 2.45) is 0 Å². The molecule has 13 nitrogen and oxygen atoms in total. The number of ether oxygens (including phenoxy) is 3. The Labute approximate surface area is 340 Å². The Balaban J connectivity index is 0.639. The maximum absolute atomic E-state index is 13.1. The maximum Gasteiger partial charge on any atom is 0.255 e. The van der Waals surface area contributed by atoms with Crippen LogP contribution in [0.5, 0.6) is 11.6 Å². The van der Waals surface area contributed by atoms with Gasteiger partial charge in [-0.25, -0.2) is 9.97 Å². The number of anilines is 1. The maximum atomic E-state index is 13.1. The monoisotopic (exact) mass is 787 g/mol. The molecule has 1 saturated carbocycles. The topological polar surface area (TPSA) is 152 Å². The minimum absolute atomic E-state index is 0.0471. The first kappa shape index (κ1) is 36.6. The first-order valence-corrected chi connectivity index (χ1v) is 20.1. The molecule has 3 fully saturated rings. The highest BCUT2D eigenvalue weighted by molar-refractivity contribution is 6.08. The zero-order valence-corrected chi connectivity index (χ0v) is 32.2. The molecule has 3 aliphatic heterocycles. The minimum Gasteiger partial charge on any atom is -0.489 e. The molecule has 4 aromatic heterocycles. The molecule has 7 heterocycles.